The summed E-state index contributed by atoms with van der Waals surface area (Å²) >= 11 is 1.41. The number of hydrogen-bond donors (Lipinski definition) is 2. The molecule has 0 spiro atoms. The van der Waals surface area contributed by atoms with Crippen molar-refractivity contribution in [1.82, 2.24) is 9.88 Å². The van der Waals surface area contributed by atoms with Crippen LogP contribution in [0, 0.1) is 0 Å². The summed E-state index contributed by atoms with van der Waals surface area (Å²) in [5.41, 5.74) is 3.11. The van der Waals surface area contributed by atoms with Gasteiger partial charge in [-0.3, -0.25) is 19.0 Å². The summed E-state index contributed by atoms with van der Waals surface area (Å²) in [6.07, 6.45) is 1.52. The molecular weight excluding hydrogens is 639 g/mol. The molecule has 0 radical (unpaired) electrons. The Bertz CT molecular complexity index is 2140. The van der Waals surface area contributed by atoms with Crippen LogP contribution in [0.25, 0.3) is 27.9 Å². The van der Waals surface area contributed by atoms with E-state index in [1.54, 1.807) is 59.2 Å². The Hall–Kier alpha value is -6.00. The first-order valence-corrected chi connectivity index (χ1v) is 16.3. The topological polar surface area (TPSA) is 108 Å². The summed E-state index contributed by atoms with van der Waals surface area (Å²) in [5.74, 6) is 0.464. The van der Waals surface area contributed by atoms with Gasteiger partial charge in [-0.05, 0) is 60.7 Å². The molecular formula is C39H33N3O6S. The Morgan fingerprint density at radius 2 is 1.27 bits per heavy atom. The quantitative estimate of drug-likeness (QED) is 0.108. The van der Waals surface area contributed by atoms with Crippen LogP contribution >= 0.6 is 11.8 Å². The molecule has 0 saturated carbocycles. The highest BCUT2D eigenvalue weighted by Gasteiger charge is 2.19. The minimum absolute atomic E-state index is 0.0189. The Balaban J connectivity index is 1.20. The van der Waals surface area contributed by atoms with E-state index in [2.05, 4.69) is 10.6 Å². The molecule has 9 nitrogen and oxygen atoms in total. The summed E-state index contributed by atoms with van der Waals surface area (Å²) in [7, 11) is 4.51. The predicted molar refractivity (Wildman–Crippen MR) is 194 cm³/mol. The Labute approximate surface area is 287 Å². The van der Waals surface area contributed by atoms with E-state index in [1.807, 2.05) is 60.7 Å². The maximum Gasteiger partial charge on any atom is 0.272 e. The molecule has 0 aliphatic carbocycles. The molecule has 0 unspecified atom stereocenters. The van der Waals surface area contributed by atoms with Crippen LogP contribution in [0.3, 0.4) is 0 Å². The van der Waals surface area contributed by atoms with Crippen molar-refractivity contribution in [3.8, 4) is 17.2 Å². The molecule has 6 aromatic rings. The molecule has 0 aliphatic rings. The lowest BCUT2D eigenvalue weighted by Gasteiger charge is -2.15. The van der Waals surface area contributed by atoms with Crippen LogP contribution < -0.4 is 24.8 Å². The number of ether oxygens (including phenoxy) is 3. The number of carbonyl (C=O) groups excluding carboxylic acids is 3. The van der Waals surface area contributed by atoms with Gasteiger partial charge in [-0.2, -0.15) is 0 Å². The molecule has 6 rings (SSSR count). The van der Waals surface area contributed by atoms with Gasteiger partial charge in [0.1, 0.15) is 11.4 Å². The largest absolute Gasteiger partial charge is 0.496 e. The van der Waals surface area contributed by atoms with Gasteiger partial charge < -0.3 is 24.8 Å². The SMILES string of the molecule is COc1cc(OC)c(OC)cc1/C=C(\NC(=O)c1ccccc1)C(=O)Nc1ccc(SCC(=O)n2c3ccccc3c3ccccc32)cc1. The number of amides is 2. The summed E-state index contributed by atoms with van der Waals surface area (Å²) < 4.78 is 18.1. The molecule has 1 heterocycles. The van der Waals surface area contributed by atoms with Crippen LogP contribution in [0.15, 0.2) is 126 Å². The number of aromatic nitrogens is 1. The van der Waals surface area contributed by atoms with Gasteiger partial charge in [0.25, 0.3) is 11.8 Å². The van der Waals surface area contributed by atoms with Crippen LogP contribution in [0.5, 0.6) is 17.2 Å². The highest BCUT2D eigenvalue weighted by Crippen LogP contribution is 2.36. The third kappa shape index (κ3) is 7.14. The number of rotatable bonds is 11. The van der Waals surface area contributed by atoms with Crippen molar-refractivity contribution in [2.45, 2.75) is 4.90 Å². The molecule has 49 heavy (non-hydrogen) atoms. The fraction of sp³-hybridized carbons (Fsp3) is 0.103. The van der Waals surface area contributed by atoms with Crippen LogP contribution in [-0.4, -0.2) is 49.4 Å². The van der Waals surface area contributed by atoms with Gasteiger partial charge in [-0.25, -0.2) is 0 Å². The van der Waals surface area contributed by atoms with E-state index in [1.165, 1.54) is 39.2 Å². The third-order valence-electron chi connectivity index (χ3n) is 7.87. The highest BCUT2D eigenvalue weighted by molar-refractivity contribution is 8.00. The second-order valence-corrected chi connectivity index (χ2v) is 11.9. The van der Waals surface area contributed by atoms with Crippen LogP contribution in [-0.2, 0) is 4.79 Å². The number of para-hydroxylation sites is 2. The van der Waals surface area contributed by atoms with Gasteiger partial charge in [0.15, 0.2) is 11.5 Å². The lowest BCUT2D eigenvalue weighted by molar-refractivity contribution is -0.113. The zero-order valence-corrected chi connectivity index (χ0v) is 27.9. The van der Waals surface area contributed by atoms with Crippen molar-refractivity contribution >= 4 is 63.1 Å². The highest BCUT2D eigenvalue weighted by atomic mass is 32.2. The van der Waals surface area contributed by atoms with E-state index < -0.39 is 11.8 Å². The van der Waals surface area contributed by atoms with Crippen molar-refractivity contribution in [1.29, 1.82) is 0 Å². The molecule has 2 N–H and O–H groups in total. The number of fused-ring (bicyclic) bond motifs is 3. The van der Waals surface area contributed by atoms with Crippen LogP contribution in [0.1, 0.15) is 20.7 Å². The standard InChI is InChI=1S/C39H33N3O6S/c1-46-34-23-36(48-3)35(47-2)22-26(34)21-31(41-38(44)25-11-5-4-6-12-25)39(45)40-27-17-19-28(20-18-27)49-24-37(43)42-32-15-9-7-13-29(32)30-14-8-10-16-33(30)42/h4-23H,24H2,1-3H3,(H,40,45)(H,41,44)/b31-21-. The maximum absolute atomic E-state index is 13.7. The summed E-state index contributed by atoms with van der Waals surface area (Å²) in [6, 6.07) is 34.9. The predicted octanol–water partition coefficient (Wildman–Crippen LogP) is 7.66. The monoisotopic (exact) mass is 671 g/mol. The maximum atomic E-state index is 13.7. The number of hydrogen-bond acceptors (Lipinski definition) is 7. The van der Waals surface area contributed by atoms with Gasteiger partial charge in [0.2, 0.25) is 5.91 Å². The van der Waals surface area contributed by atoms with Crippen molar-refractivity contribution in [3.63, 3.8) is 0 Å². The summed E-state index contributed by atoms with van der Waals surface area (Å²) in [4.78, 5) is 41.1. The molecule has 0 saturated heterocycles. The molecule has 5 aromatic carbocycles. The van der Waals surface area contributed by atoms with E-state index in [-0.39, 0.29) is 17.4 Å². The molecule has 246 valence electrons. The molecule has 10 heteroatoms. The number of carbonyl (C=O) groups is 3. The zero-order chi connectivity index (χ0) is 34.3. The minimum atomic E-state index is -0.553. The Kier molecular flexibility index (Phi) is 9.96. The lowest BCUT2D eigenvalue weighted by atomic mass is 10.1. The van der Waals surface area contributed by atoms with Crippen LogP contribution in [0.2, 0.25) is 0 Å². The van der Waals surface area contributed by atoms with Gasteiger partial charge in [-0.1, -0.05) is 54.6 Å². The van der Waals surface area contributed by atoms with E-state index in [4.69, 9.17) is 14.2 Å². The summed E-state index contributed by atoms with van der Waals surface area (Å²) in [6.45, 7) is 0. The third-order valence-corrected chi connectivity index (χ3v) is 8.87. The molecule has 1 aromatic heterocycles. The van der Waals surface area contributed by atoms with Crippen molar-refractivity contribution < 1.29 is 28.6 Å². The van der Waals surface area contributed by atoms with E-state index >= 15 is 0 Å². The minimum Gasteiger partial charge on any atom is -0.496 e. The molecule has 0 fully saturated rings. The van der Waals surface area contributed by atoms with Gasteiger partial charge in [-0.15, -0.1) is 11.8 Å². The number of nitrogens with zero attached hydrogens (tertiary/aromatic N) is 1. The molecule has 0 atom stereocenters. The van der Waals surface area contributed by atoms with Crippen molar-refractivity contribution in [2.24, 2.45) is 0 Å². The number of nitrogens with one attached hydrogen (secondary N) is 2. The van der Waals surface area contributed by atoms with Gasteiger partial charge in [0, 0.05) is 38.5 Å². The van der Waals surface area contributed by atoms with E-state index in [0.29, 0.717) is 34.1 Å². The first-order chi connectivity index (χ1) is 23.9. The van der Waals surface area contributed by atoms with Crippen molar-refractivity contribution in [3.05, 3.63) is 132 Å². The number of methoxy groups -OCH3 is 3. The van der Waals surface area contributed by atoms with Gasteiger partial charge in [0.05, 0.1) is 38.1 Å². The number of benzene rings is 5. The number of thioether (sulfide) groups is 1. The Morgan fingerprint density at radius 3 is 1.88 bits per heavy atom. The molecule has 0 bridgehead atoms. The smallest absolute Gasteiger partial charge is 0.272 e. The van der Waals surface area contributed by atoms with Crippen molar-refractivity contribution in [2.75, 3.05) is 32.4 Å². The fourth-order valence-electron chi connectivity index (χ4n) is 5.50. The second kappa shape index (κ2) is 14.8. The summed E-state index contributed by atoms with van der Waals surface area (Å²) in [5, 5.41) is 7.68. The Morgan fingerprint density at radius 1 is 0.694 bits per heavy atom. The first kappa shape index (κ1) is 32.9. The van der Waals surface area contributed by atoms with Gasteiger partial charge >= 0.3 is 0 Å². The lowest BCUT2D eigenvalue weighted by Crippen LogP contribution is -2.30. The zero-order valence-electron chi connectivity index (χ0n) is 27.1. The second-order valence-electron chi connectivity index (χ2n) is 10.9. The molecule has 0 aliphatic heterocycles. The normalized spacial score (nSPS) is 11.3. The van der Waals surface area contributed by atoms with Crippen LogP contribution in [0.4, 0.5) is 5.69 Å². The number of anilines is 1. The average molecular weight is 672 g/mol. The molecule has 2 amide bonds. The van der Waals surface area contributed by atoms with E-state index in [9.17, 15) is 14.4 Å². The van der Waals surface area contributed by atoms with E-state index in [0.717, 1.165) is 26.7 Å². The fourth-order valence-corrected chi connectivity index (χ4v) is 6.25. The average Bonchev–Trinajstić information content (AvgIpc) is 3.48. The first-order valence-electron chi connectivity index (χ1n) is 15.3.